The largest absolute Gasteiger partial charge is 0.490 e. The number of esters is 7. The van der Waals surface area contributed by atoms with Gasteiger partial charge in [0.15, 0.2) is 24.4 Å². The number of nitrogens with zero attached hydrogens (tertiary/aromatic N) is 2. The maximum atomic E-state index is 13.7. The molecule has 21 nitrogen and oxygen atoms in total. The second kappa shape index (κ2) is 25.9. The number of epoxide rings is 1. The Labute approximate surface area is 444 Å². The van der Waals surface area contributed by atoms with Crippen molar-refractivity contribution in [2.45, 2.75) is 63.6 Å². The summed E-state index contributed by atoms with van der Waals surface area (Å²) < 4.78 is 54.8. The molecule has 77 heavy (non-hydrogen) atoms. The second-order valence-electron chi connectivity index (χ2n) is 18.1. The van der Waals surface area contributed by atoms with Crippen LogP contribution in [-0.4, -0.2) is 97.1 Å². The van der Waals surface area contributed by atoms with Gasteiger partial charge in [-0.2, -0.15) is 0 Å². The highest BCUT2D eigenvalue weighted by atomic mass is 32.1. The standard InChI is InChI=1S/C55H52N2O19S/c1-3-46(58)70-30-43(72-47(59)4-2)29-68-39-21-23-41(24-22-39)74-53(62)35-5-9-36(10-6-35)54(63)75-44-25-26-45(49-48(44)56-50(77-49)32-13-17-38(18-14-32)57(65)66)76-55(64)37-11-7-34(8-12-37)52(61)73-40-19-15-33(16-20-40)51(60)71-31-67-27-42-28-69-42/h3-4,13-26,34-37,42-43H,1-2,5-12,27-31H2. The van der Waals surface area contributed by atoms with Gasteiger partial charge in [-0.3, -0.25) is 29.3 Å². The molecule has 2 aliphatic carbocycles. The zero-order valence-corrected chi connectivity index (χ0v) is 42.2. The number of non-ortho nitro benzene ring substituents is 1. The van der Waals surface area contributed by atoms with Crippen molar-refractivity contribution in [2.24, 2.45) is 23.7 Å². The lowest BCUT2D eigenvalue weighted by Crippen LogP contribution is -2.30. The summed E-state index contributed by atoms with van der Waals surface area (Å²) in [4.78, 5) is 105. The quantitative estimate of drug-likeness (QED) is 0.00685. The molecule has 3 fully saturated rings. The molecule has 0 N–H and O–H groups in total. The molecule has 0 radical (unpaired) electrons. The smallest absolute Gasteiger partial charge is 0.340 e. The summed E-state index contributed by atoms with van der Waals surface area (Å²) in [6.45, 7) is 7.00. The van der Waals surface area contributed by atoms with Crippen LogP contribution in [0.5, 0.6) is 28.7 Å². The fourth-order valence-electron chi connectivity index (χ4n) is 8.42. The number of rotatable bonds is 23. The van der Waals surface area contributed by atoms with Crippen molar-refractivity contribution in [3.05, 3.63) is 126 Å². The van der Waals surface area contributed by atoms with E-state index in [-0.39, 0.29) is 65.9 Å². The molecule has 2 saturated carbocycles. The summed E-state index contributed by atoms with van der Waals surface area (Å²) in [6, 6.07) is 20.9. The van der Waals surface area contributed by atoms with Crippen molar-refractivity contribution in [1.82, 2.24) is 4.98 Å². The van der Waals surface area contributed by atoms with Crippen LogP contribution in [0.25, 0.3) is 20.8 Å². The third-order valence-corrected chi connectivity index (χ3v) is 13.9. The summed E-state index contributed by atoms with van der Waals surface area (Å²) in [5, 5.41) is 11.8. The molecule has 8 rings (SSSR count). The molecule has 1 aromatic heterocycles. The fourth-order valence-corrected chi connectivity index (χ4v) is 9.46. The van der Waals surface area contributed by atoms with E-state index < -0.39 is 76.5 Å². The Morgan fingerprint density at radius 2 is 1.16 bits per heavy atom. The van der Waals surface area contributed by atoms with Crippen molar-refractivity contribution in [3.8, 4) is 39.3 Å². The zero-order valence-electron chi connectivity index (χ0n) is 41.4. The van der Waals surface area contributed by atoms with Crippen molar-refractivity contribution >= 4 is 69.0 Å². The number of carbonyl (C=O) groups excluding carboxylic acids is 7. The number of hydrogen-bond acceptors (Lipinski definition) is 21. The highest BCUT2D eigenvalue weighted by Gasteiger charge is 2.35. The van der Waals surface area contributed by atoms with E-state index in [0.717, 1.165) is 23.5 Å². The van der Waals surface area contributed by atoms with E-state index in [9.17, 15) is 43.7 Å². The summed E-state index contributed by atoms with van der Waals surface area (Å²) in [5.41, 5.74) is 0.897. The van der Waals surface area contributed by atoms with Gasteiger partial charge in [0, 0.05) is 29.8 Å². The summed E-state index contributed by atoms with van der Waals surface area (Å²) in [5.74, 6) is -4.99. The van der Waals surface area contributed by atoms with E-state index >= 15 is 0 Å². The minimum Gasteiger partial charge on any atom is -0.490 e. The molecule has 2 unspecified atom stereocenters. The Hall–Kier alpha value is -8.34. The maximum Gasteiger partial charge on any atom is 0.340 e. The van der Waals surface area contributed by atoms with Crippen LogP contribution in [0, 0.1) is 33.8 Å². The third kappa shape index (κ3) is 15.2. The Bertz CT molecular complexity index is 2990. The van der Waals surface area contributed by atoms with E-state index in [0.29, 0.717) is 85.6 Å². The number of carbonyl (C=O) groups is 7. The fraction of sp³-hybridized carbons (Fsp3) is 0.345. The second-order valence-corrected chi connectivity index (χ2v) is 19.1. The number of hydrogen-bond donors (Lipinski definition) is 0. The van der Waals surface area contributed by atoms with Gasteiger partial charge in [-0.25, -0.2) is 19.4 Å². The predicted molar refractivity (Wildman–Crippen MR) is 271 cm³/mol. The van der Waals surface area contributed by atoms with Crippen molar-refractivity contribution in [1.29, 1.82) is 0 Å². The average molecular weight is 1080 g/mol. The molecule has 1 saturated heterocycles. The molecule has 5 aromatic rings. The molecule has 3 aliphatic rings. The lowest BCUT2D eigenvalue weighted by Gasteiger charge is -2.26. The van der Waals surface area contributed by atoms with Gasteiger partial charge in [0.25, 0.3) is 5.69 Å². The summed E-state index contributed by atoms with van der Waals surface area (Å²) >= 11 is 1.14. The molecule has 22 heteroatoms. The van der Waals surface area contributed by atoms with Crippen molar-refractivity contribution in [3.63, 3.8) is 0 Å². The van der Waals surface area contributed by atoms with Gasteiger partial charge in [-0.05, 0) is 124 Å². The molecule has 2 heterocycles. The molecule has 4 aromatic carbocycles. The van der Waals surface area contributed by atoms with Crippen LogP contribution in [0.2, 0.25) is 0 Å². The predicted octanol–water partition coefficient (Wildman–Crippen LogP) is 8.24. The highest BCUT2D eigenvalue weighted by molar-refractivity contribution is 7.22. The van der Waals surface area contributed by atoms with Crippen LogP contribution in [0.1, 0.15) is 61.7 Å². The zero-order chi connectivity index (χ0) is 54.4. The Morgan fingerprint density at radius 3 is 1.69 bits per heavy atom. The molecule has 0 spiro atoms. The monoisotopic (exact) mass is 1080 g/mol. The number of benzene rings is 4. The Morgan fingerprint density at radius 1 is 0.649 bits per heavy atom. The summed E-state index contributed by atoms with van der Waals surface area (Å²) in [6.07, 6.45) is 3.80. The van der Waals surface area contributed by atoms with Crippen LogP contribution < -0.4 is 23.7 Å². The Kier molecular flexibility index (Phi) is 18.5. The van der Waals surface area contributed by atoms with Gasteiger partial charge in [0.1, 0.15) is 51.8 Å². The summed E-state index contributed by atoms with van der Waals surface area (Å²) in [7, 11) is 0. The van der Waals surface area contributed by atoms with Gasteiger partial charge in [0.05, 0.1) is 47.4 Å². The van der Waals surface area contributed by atoms with E-state index in [1.165, 1.54) is 72.8 Å². The van der Waals surface area contributed by atoms with E-state index in [1.807, 2.05) is 0 Å². The van der Waals surface area contributed by atoms with Crippen molar-refractivity contribution < 1.29 is 85.9 Å². The molecule has 2 atom stereocenters. The molecule has 0 amide bonds. The first kappa shape index (κ1) is 54.9. The van der Waals surface area contributed by atoms with Crippen molar-refractivity contribution in [2.75, 3.05) is 33.2 Å². The minimum atomic E-state index is -0.935. The van der Waals surface area contributed by atoms with Crippen LogP contribution in [0.15, 0.2) is 110 Å². The van der Waals surface area contributed by atoms with E-state index in [1.54, 1.807) is 12.1 Å². The molecular formula is C55H52N2O19S. The van der Waals surface area contributed by atoms with Crippen LogP contribution in [-0.2, 0) is 52.5 Å². The average Bonchev–Trinajstić information content (AvgIpc) is 4.18. The first-order valence-electron chi connectivity index (χ1n) is 24.6. The topological polar surface area (TPSA) is 271 Å². The first-order valence-corrected chi connectivity index (χ1v) is 25.4. The normalized spacial score (nSPS) is 19.0. The number of ether oxygens (including phenoxy) is 10. The lowest BCUT2D eigenvalue weighted by molar-refractivity contribution is -0.384. The number of thiazole rings is 1. The van der Waals surface area contributed by atoms with Gasteiger partial charge >= 0.3 is 41.8 Å². The van der Waals surface area contributed by atoms with Crippen LogP contribution in [0.4, 0.5) is 5.69 Å². The first-order chi connectivity index (χ1) is 37.2. The number of nitro groups is 1. The molecule has 0 bridgehead atoms. The lowest BCUT2D eigenvalue weighted by atomic mass is 9.82. The van der Waals surface area contributed by atoms with Crippen LogP contribution >= 0.6 is 11.3 Å². The highest BCUT2D eigenvalue weighted by Crippen LogP contribution is 2.43. The Balaban J connectivity index is 0.840. The SMILES string of the molecule is C=CC(=O)OCC(COc1ccc(OC(=O)C2CCC(C(=O)Oc3ccc(OC(=O)C4CCC(C(=O)Oc5ccc(C(=O)OCOCC6CO6)cc5)CC4)c4sc(-c5ccc([N+](=O)[O-])cc5)nc34)CC2)cc1)OC(=O)C=C. The van der Waals surface area contributed by atoms with Gasteiger partial charge in [-0.15, -0.1) is 11.3 Å². The number of fused-ring (bicyclic) bond motifs is 1. The van der Waals surface area contributed by atoms with E-state index in [2.05, 4.69) is 13.2 Å². The molecule has 1 aliphatic heterocycles. The van der Waals surface area contributed by atoms with Gasteiger partial charge in [0.2, 0.25) is 0 Å². The third-order valence-electron chi connectivity index (χ3n) is 12.8. The minimum absolute atomic E-state index is 0.0413. The molecular weight excluding hydrogens is 1020 g/mol. The maximum absolute atomic E-state index is 13.7. The van der Waals surface area contributed by atoms with Gasteiger partial charge < -0.3 is 47.4 Å². The number of nitro benzene ring substituents is 1. The molecule has 402 valence electrons. The van der Waals surface area contributed by atoms with E-state index in [4.69, 9.17) is 52.4 Å². The van der Waals surface area contributed by atoms with Crippen LogP contribution in [0.3, 0.4) is 0 Å². The number of aromatic nitrogens is 1. The van der Waals surface area contributed by atoms with Gasteiger partial charge in [-0.1, -0.05) is 13.2 Å².